The van der Waals surface area contributed by atoms with E-state index in [2.05, 4.69) is 34.6 Å². The molecule has 0 aromatic carbocycles. The molecule has 5 saturated carbocycles. The Morgan fingerprint density at radius 2 is 0.773 bits per heavy atom. The van der Waals surface area contributed by atoms with Crippen molar-refractivity contribution >= 4 is 0 Å². The second kappa shape index (κ2) is 15.3. The maximum atomic E-state index is 12.0. The van der Waals surface area contributed by atoms with E-state index in [0.717, 1.165) is 103 Å². The van der Waals surface area contributed by atoms with Gasteiger partial charge in [-0.15, -0.1) is 0 Å². The first-order valence-corrected chi connectivity index (χ1v) is 19.3. The van der Waals surface area contributed by atoms with Gasteiger partial charge in [0.25, 0.3) is 0 Å². The second-order valence-corrected chi connectivity index (χ2v) is 17.9. The number of hydrogen-bond donors (Lipinski definition) is 5. The summed E-state index contributed by atoms with van der Waals surface area (Å²) >= 11 is 0. The first-order chi connectivity index (χ1) is 20.9. The maximum absolute atomic E-state index is 12.0. The zero-order valence-corrected chi connectivity index (χ0v) is 28.9. The summed E-state index contributed by atoms with van der Waals surface area (Å²) in [5.41, 5.74) is 0. The minimum atomic E-state index is -0.244. The summed E-state index contributed by atoms with van der Waals surface area (Å²) in [5, 5.41) is 54.6. The SMILES string of the molecule is CC1CC(CC2CC(C)C(O)C(CC3CCC(O)CC3)C2C)C(O)C(CC2CC(C)C(O)C(CC3CCC(O)CC3)C2C)C1. The third-order valence-corrected chi connectivity index (χ3v) is 14.7. The van der Waals surface area contributed by atoms with Crippen LogP contribution in [0.2, 0.25) is 0 Å². The standard InChI is InChI=1S/C39H70O5/c1-22-14-31(20-29-16-23(2)37(42)35(25(29)4)18-27-6-10-33(40)11-7-27)39(44)32(15-22)21-30-17-24(3)38(43)36(26(30)5)19-28-8-12-34(41)13-9-28/h22-44H,6-21H2,1-5H3. The van der Waals surface area contributed by atoms with Gasteiger partial charge in [0.1, 0.15) is 0 Å². The van der Waals surface area contributed by atoms with Crippen LogP contribution >= 0.6 is 0 Å². The molecule has 256 valence electrons. The highest BCUT2D eigenvalue weighted by Gasteiger charge is 2.46. The molecule has 0 amide bonds. The molecule has 5 N–H and O–H groups in total. The average Bonchev–Trinajstić information content (AvgIpc) is 2.99. The van der Waals surface area contributed by atoms with Crippen LogP contribution in [0.1, 0.15) is 137 Å². The molecular formula is C39H70O5. The molecule has 5 rings (SSSR count). The van der Waals surface area contributed by atoms with Crippen molar-refractivity contribution in [1.82, 2.24) is 0 Å². The molecule has 44 heavy (non-hydrogen) atoms. The average molecular weight is 619 g/mol. The van der Waals surface area contributed by atoms with Crippen LogP contribution in [0.5, 0.6) is 0 Å². The van der Waals surface area contributed by atoms with Gasteiger partial charge in [-0.3, -0.25) is 0 Å². The predicted molar refractivity (Wildman–Crippen MR) is 178 cm³/mol. The normalized spacial score (nSPS) is 52.5. The van der Waals surface area contributed by atoms with Gasteiger partial charge in [-0.25, -0.2) is 0 Å². The molecule has 5 aliphatic carbocycles. The monoisotopic (exact) mass is 619 g/mol. The van der Waals surface area contributed by atoms with E-state index in [1.54, 1.807) is 0 Å². The van der Waals surface area contributed by atoms with E-state index in [9.17, 15) is 25.5 Å². The summed E-state index contributed by atoms with van der Waals surface area (Å²) in [5.74, 6) is 5.91. The molecule has 5 heteroatoms. The lowest BCUT2D eigenvalue weighted by atomic mass is 9.58. The fourth-order valence-electron chi connectivity index (χ4n) is 11.7. The first kappa shape index (κ1) is 35.1. The zero-order chi connectivity index (χ0) is 31.7. The molecule has 12 atom stereocenters. The summed E-state index contributed by atoms with van der Waals surface area (Å²) in [6.45, 7) is 11.7. The molecule has 0 aromatic heterocycles. The van der Waals surface area contributed by atoms with Gasteiger partial charge in [0.2, 0.25) is 0 Å². The Bertz CT molecular complexity index is 797. The van der Waals surface area contributed by atoms with Gasteiger partial charge in [-0.05, 0) is 180 Å². The smallest absolute Gasteiger partial charge is 0.0596 e. The van der Waals surface area contributed by atoms with Crippen molar-refractivity contribution in [3.63, 3.8) is 0 Å². The fraction of sp³-hybridized carbons (Fsp3) is 1.00. The topological polar surface area (TPSA) is 101 Å². The third-order valence-electron chi connectivity index (χ3n) is 14.7. The highest BCUT2D eigenvalue weighted by atomic mass is 16.3. The number of aliphatic hydroxyl groups is 5. The molecule has 5 aliphatic rings. The van der Waals surface area contributed by atoms with Crippen molar-refractivity contribution in [2.45, 2.75) is 168 Å². The van der Waals surface area contributed by atoms with Gasteiger partial charge < -0.3 is 25.5 Å². The van der Waals surface area contributed by atoms with Crippen molar-refractivity contribution in [1.29, 1.82) is 0 Å². The van der Waals surface area contributed by atoms with Crippen molar-refractivity contribution in [2.24, 2.45) is 76.9 Å². The van der Waals surface area contributed by atoms with Crippen LogP contribution in [-0.2, 0) is 0 Å². The Morgan fingerprint density at radius 1 is 0.409 bits per heavy atom. The van der Waals surface area contributed by atoms with Gasteiger partial charge in [0.05, 0.1) is 30.5 Å². The quantitative estimate of drug-likeness (QED) is 0.198. The van der Waals surface area contributed by atoms with Crippen LogP contribution in [0.25, 0.3) is 0 Å². The summed E-state index contributed by atoms with van der Waals surface area (Å²) in [7, 11) is 0. The van der Waals surface area contributed by atoms with Gasteiger partial charge >= 0.3 is 0 Å². The van der Waals surface area contributed by atoms with Gasteiger partial charge in [-0.1, -0.05) is 34.6 Å². The minimum absolute atomic E-state index is 0.128. The van der Waals surface area contributed by atoms with Crippen molar-refractivity contribution in [3.8, 4) is 0 Å². The molecule has 12 unspecified atom stereocenters. The third kappa shape index (κ3) is 8.26. The Kier molecular flexibility index (Phi) is 12.3. The Labute approximate surface area is 270 Å². The highest BCUT2D eigenvalue weighted by Crippen LogP contribution is 2.51. The Morgan fingerprint density at radius 3 is 1.14 bits per heavy atom. The van der Waals surface area contributed by atoms with E-state index in [1.807, 2.05) is 0 Å². The molecule has 0 bridgehead atoms. The number of hydrogen-bond acceptors (Lipinski definition) is 5. The molecule has 0 radical (unpaired) electrons. The van der Waals surface area contributed by atoms with Crippen LogP contribution in [-0.4, -0.2) is 56.1 Å². The molecule has 0 heterocycles. The van der Waals surface area contributed by atoms with Gasteiger partial charge in [0, 0.05) is 0 Å². The van der Waals surface area contributed by atoms with Crippen LogP contribution in [0.15, 0.2) is 0 Å². The largest absolute Gasteiger partial charge is 0.393 e. The van der Waals surface area contributed by atoms with Gasteiger partial charge in [-0.2, -0.15) is 0 Å². The first-order valence-electron chi connectivity index (χ1n) is 19.3. The maximum Gasteiger partial charge on any atom is 0.0596 e. The fourth-order valence-corrected chi connectivity index (χ4v) is 11.7. The molecule has 5 fully saturated rings. The van der Waals surface area contributed by atoms with E-state index < -0.39 is 0 Å². The summed E-state index contributed by atoms with van der Waals surface area (Å²) in [6.07, 6.45) is 15.8. The van der Waals surface area contributed by atoms with Crippen molar-refractivity contribution in [3.05, 3.63) is 0 Å². The van der Waals surface area contributed by atoms with E-state index in [4.69, 9.17) is 0 Å². The van der Waals surface area contributed by atoms with Crippen LogP contribution < -0.4 is 0 Å². The number of rotatable bonds is 8. The molecule has 0 saturated heterocycles. The van der Waals surface area contributed by atoms with Crippen LogP contribution in [0.4, 0.5) is 0 Å². The van der Waals surface area contributed by atoms with E-state index in [0.29, 0.717) is 76.9 Å². The van der Waals surface area contributed by atoms with Crippen molar-refractivity contribution in [2.75, 3.05) is 0 Å². The van der Waals surface area contributed by atoms with E-state index in [1.165, 1.54) is 0 Å². The molecule has 0 aliphatic heterocycles. The molecule has 5 nitrogen and oxygen atoms in total. The van der Waals surface area contributed by atoms with E-state index in [-0.39, 0.29) is 30.5 Å². The van der Waals surface area contributed by atoms with Crippen LogP contribution in [0.3, 0.4) is 0 Å². The lowest BCUT2D eigenvalue weighted by molar-refractivity contribution is -0.0792. The molecular weight excluding hydrogens is 548 g/mol. The summed E-state index contributed by atoms with van der Waals surface area (Å²) in [4.78, 5) is 0. The second-order valence-electron chi connectivity index (χ2n) is 17.9. The van der Waals surface area contributed by atoms with Crippen LogP contribution in [0, 0.1) is 76.9 Å². The summed E-state index contributed by atoms with van der Waals surface area (Å²) in [6, 6.07) is 0. The zero-order valence-electron chi connectivity index (χ0n) is 28.9. The predicted octanol–water partition coefficient (Wildman–Crippen LogP) is 7.21. The van der Waals surface area contributed by atoms with E-state index >= 15 is 0 Å². The minimum Gasteiger partial charge on any atom is -0.393 e. The number of aliphatic hydroxyl groups excluding tert-OH is 5. The van der Waals surface area contributed by atoms with Crippen molar-refractivity contribution < 1.29 is 25.5 Å². The van der Waals surface area contributed by atoms with Gasteiger partial charge in [0.15, 0.2) is 0 Å². The Balaban J connectivity index is 1.21. The highest BCUT2D eigenvalue weighted by molar-refractivity contribution is 4.96. The molecule has 0 spiro atoms. The summed E-state index contributed by atoms with van der Waals surface area (Å²) < 4.78 is 0. The lowest BCUT2D eigenvalue weighted by Gasteiger charge is -2.49. The molecule has 0 aromatic rings. The lowest BCUT2D eigenvalue weighted by Crippen LogP contribution is -2.46. The Hall–Kier alpha value is -0.200.